The van der Waals surface area contributed by atoms with Gasteiger partial charge in [-0.25, -0.2) is 22.0 Å². The first-order chi connectivity index (χ1) is 12.8. The van der Waals surface area contributed by atoms with Crippen molar-refractivity contribution < 1.29 is 21.6 Å². The minimum atomic E-state index is -3.80. The number of aryl methyl sites for hydroxylation is 1. The molecule has 1 atom stereocenters. The maximum atomic E-state index is 12.4. The van der Waals surface area contributed by atoms with Crippen LogP contribution in [0, 0.1) is 6.92 Å². The zero-order valence-corrected chi connectivity index (χ0v) is 17.2. The largest absolute Gasteiger partial charge is 0.374 e. The van der Waals surface area contributed by atoms with Gasteiger partial charge in [0.1, 0.15) is 6.04 Å². The molecule has 28 heavy (non-hydrogen) atoms. The molecule has 0 saturated carbocycles. The Hall–Kier alpha value is -2.63. The molecule has 11 heteroatoms. The number of sulfonamides is 2. The van der Waals surface area contributed by atoms with Crippen molar-refractivity contribution in [2.24, 2.45) is 5.14 Å². The Kier molecular flexibility index (Phi) is 6.32. The summed E-state index contributed by atoms with van der Waals surface area (Å²) in [5.74, 6) is -0.360. The topological polar surface area (TPSA) is 147 Å². The second kappa shape index (κ2) is 8.17. The number of carbonyl (C=O) groups excluding carboxylic acids is 1. The van der Waals surface area contributed by atoms with Gasteiger partial charge in [0.05, 0.1) is 16.8 Å². The van der Waals surface area contributed by atoms with Crippen LogP contribution in [-0.4, -0.2) is 35.0 Å². The Morgan fingerprint density at radius 3 is 2.11 bits per heavy atom. The summed E-state index contributed by atoms with van der Waals surface area (Å²) in [5.41, 5.74) is 2.13. The molecule has 0 bridgehead atoms. The van der Waals surface area contributed by atoms with Gasteiger partial charge in [-0.2, -0.15) is 0 Å². The second-order valence-electron chi connectivity index (χ2n) is 6.33. The Balaban J connectivity index is 2.07. The molecule has 0 saturated heterocycles. The zero-order valence-electron chi connectivity index (χ0n) is 15.6. The van der Waals surface area contributed by atoms with Crippen molar-refractivity contribution >= 4 is 43.0 Å². The molecule has 2 aromatic carbocycles. The van der Waals surface area contributed by atoms with E-state index in [1.54, 1.807) is 32.0 Å². The quantitative estimate of drug-likeness (QED) is 0.527. The molecule has 1 amide bonds. The van der Waals surface area contributed by atoms with Crippen LogP contribution in [0.3, 0.4) is 0 Å². The molecule has 0 fully saturated rings. The lowest BCUT2D eigenvalue weighted by Crippen LogP contribution is -2.31. The zero-order chi connectivity index (χ0) is 21.1. The monoisotopic (exact) mass is 426 g/mol. The lowest BCUT2D eigenvalue weighted by atomic mass is 10.1. The van der Waals surface area contributed by atoms with Crippen LogP contribution in [0.1, 0.15) is 12.5 Å². The van der Waals surface area contributed by atoms with Crippen molar-refractivity contribution in [3.8, 4) is 0 Å². The van der Waals surface area contributed by atoms with Crippen LogP contribution in [0.5, 0.6) is 0 Å². The van der Waals surface area contributed by atoms with E-state index in [9.17, 15) is 21.6 Å². The Labute approximate surface area is 164 Å². The molecule has 0 aliphatic carbocycles. The van der Waals surface area contributed by atoms with E-state index in [0.717, 1.165) is 11.8 Å². The van der Waals surface area contributed by atoms with Gasteiger partial charge < -0.3 is 10.6 Å². The van der Waals surface area contributed by atoms with Crippen LogP contribution in [-0.2, 0) is 24.8 Å². The molecule has 152 valence electrons. The standard InChI is InChI=1S/C17H22N4O5S2/c1-11-4-5-14(10-16(11)21-27(3,23)24)19-12(2)17(22)20-13-6-8-15(9-7-13)28(18,25)26/h4-10,12,19,21H,1-3H3,(H,20,22)(H2,18,25,26). The average molecular weight is 427 g/mol. The van der Waals surface area contributed by atoms with E-state index >= 15 is 0 Å². The van der Waals surface area contributed by atoms with Gasteiger partial charge in [-0.15, -0.1) is 0 Å². The number of primary sulfonamides is 1. The van der Waals surface area contributed by atoms with E-state index in [2.05, 4.69) is 15.4 Å². The predicted octanol–water partition coefficient (Wildman–Crippen LogP) is 1.45. The fourth-order valence-corrected chi connectivity index (χ4v) is 3.45. The van der Waals surface area contributed by atoms with Crippen molar-refractivity contribution in [3.63, 3.8) is 0 Å². The molecule has 2 aromatic rings. The first-order valence-electron chi connectivity index (χ1n) is 8.14. The van der Waals surface area contributed by atoms with E-state index in [1.807, 2.05) is 0 Å². The van der Waals surface area contributed by atoms with Gasteiger partial charge in [0.25, 0.3) is 0 Å². The smallest absolute Gasteiger partial charge is 0.246 e. The van der Waals surface area contributed by atoms with Crippen molar-refractivity contribution in [3.05, 3.63) is 48.0 Å². The summed E-state index contributed by atoms with van der Waals surface area (Å²) in [6.45, 7) is 3.40. The molecule has 0 spiro atoms. The number of amides is 1. The molecule has 0 radical (unpaired) electrons. The average Bonchev–Trinajstić information content (AvgIpc) is 2.56. The van der Waals surface area contributed by atoms with Crippen LogP contribution in [0.15, 0.2) is 47.4 Å². The van der Waals surface area contributed by atoms with Crippen LogP contribution in [0.4, 0.5) is 17.1 Å². The second-order valence-corrected chi connectivity index (χ2v) is 9.64. The SMILES string of the molecule is Cc1ccc(NC(C)C(=O)Nc2ccc(S(N)(=O)=O)cc2)cc1NS(C)(=O)=O. The molecule has 9 nitrogen and oxygen atoms in total. The maximum Gasteiger partial charge on any atom is 0.246 e. The highest BCUT2D eigenvalue weighted by molar-refractivity contribution is 7.92. The summed E-state index contributed by atoms with van der Waals surface area (Å²) in [5, 5.41) is 10.7. The number of hydrogen-bond donors (Lipinski definition) is 4. The van der Waals surface area contributed by atoms with Crippen LogP contribution in [0.2, 0.25) is 0 Å². The Bertz CT molecular complexity index is 1080. The highest BCUT2D eigenvalue weighted by atomic mass is 32.2. The minimum absolute atomic E-state index is 0.0535. The first kappa shape index (κ1) is 21.7. The van der Waals surface area contributed by atoms with Gasteiger partial charge in [0, 0.05) is 11.4 Å². The summed E-state index contributed by atoms with van der Waals surface area (Å²) in [4.78, 5) is 12.3. The molecule has 2 rings (SSSR count). The van der Waals surface area contributed by atoms with Gasteiger partial charge in [0.15, 0.2) is 0 Å². The molecule has 0 aliphatic rings. The number of nitrogens with two attached hydrogens (primary N) is 1. The summed E-state index contributed by atoms with van der Waals surface area (Å²) in [7, 11) is -7.22. The normalized spacial score (nSPS) is 12.9. The maximum absolute atomic E-state index is 12.4. The lowest BCUT2D eigenvalue weighted by Gasteiger charge is -2.17. The Morgan fingerprint density at radius 1 is 1.00 bits per heavy atom. The fraction of sp³-hybridized carbons (Fsp3) is 0.235. The Morgan fingerprint density at radius 2 is 1.57 bits per heavy atom. The van der Waals surface area contributed by atoms with E-state index in [4.69, 9.17) is 5.14 Å². The van der Waals surface area contributed by atoms with Crippen molar-refractivity contribution in [1.82, 2.24) is 0 Å². The first-order valence-corrected chi connectivity index (χ1v) is 11.6. The van der Waals surface area contributed by atoms with Crippen molar-refractivity contribution in [2.45, 2.75) is 24.8 Å². The molecule has 1 unspecified atom stereocenters. The summed E-state index contributed by atoms with van der Waals surface area (Å²) >= 11 is 0. The third kappa shape index (κ3) is 6.22. The third-order valence-corrected chi connectivity index (χ3v) is 5.28. The summed E-state index contributed by atoms with van der Waals surface area (Å²) in [6.07, 6.45) is 1.06. The van der Waals surface area contributed by atoms with E-state index < -0.39 is 26.1 Å². The molecule has 0 heterocycles. The van der Waals surface area contributed by atoms with E-state index in [-0.39, 0.29) is 10.8 Å². The highest BCUT2D eigenvalue weighted by Gasteiger charge is 2.15. The number of rotatable bonds is 7. The van der Waals surface area contributed by atoms with Crippen LogP contribution < -0.4 is 20.5 Å². The van der Waals surface area contributed by atoms with Crippen LogP contribution >= 0.6 is 0 Å². The van der Waals surface area contributed by atoms with Gasteiger partial charge in [-0.3, -0.25) is 9.52 Å². The van der Waals surface area contributed by atoms with Crippen molar-refractivity contribution in [1.29, 1.82) is 0 Å². The molecule has 0 aliphatic heterocycles. The van der Waals surface area contributed by atoms with Gasteiger partial charge in [-0.1, -0.05) is 6.07 Å². The van der Waals surface area contributed by atoms with E-state index in [0.29, 0.717) is 17.1 Å². The van der Waals surface area contributed by atoms with Gasteiger partial charge in [0.2, 0.25) is 26.0 Å². The molecular formula is C17H22N4O5S2. The summed E-state index contributed by atoms with van der Waals surface area (Å²) in [6, 6.07) is 9.88. The number of carbonyl (C=O) groups is 1. The van der Waals surface area contributed by atoms with Gasteiger partial charge >= 0.3 is 0 Å². The van der Waals surface area contributed by atoms with Gasteiger partial charge in [-0.05, 0) is 55.8 Å². The summed E-state index contributed by atoms with van der Waals surface area (Å²) < 4.78 is 47.8. The molecular weight excluding hydrogens is 404 g/mol. The lowest BCUT2D eigenvalue weighted by molar-refractivity contribution is -0.116. The van der Waals surface area contributed by atoms with E-state index in [1.165, 1.54) is 24.3 Å². The van der Waals surface area contributed by atoms with Crippen molar-refractivity contribution in [2.75, 3.05) is 21.6 Å². The fourth-order valence-electron chi connectivity index (χ4n) is 2.32. The minimum Gasteiger partial charge on any atom is -0.374 e. The molecule has 5 N–H and O–H groups in total. The predicted molar refractivity (Wildman–Crippen MR) is 109 cm³/mol. The number of benzene rings is 2. The molecule has 0 aromatic heterocycles. The number of nitrogens with one attached hydrogen (secondary N) is 3. The number of anilines is 3. The van der Waals surface area contributed by atoms with Crippen LogP contribution in [0.25, 0.3) is 0 Å². The highest BCUT2D eigenvalue weighted by Crippen LogP contribution is 2.22. The third-order valence-electron chi connectivity index (χ3n) is 3.76. The number of hydrogen-bond acceptors (Lipinski definition) is 6.